The fraction of sp³-hybridized carbons (Fsp3) is 0.222. The minimum Gasteiger partial charge on any atom is -0.492 e. The molecule has 12 heavy (non-hydrogen) atoms. The maximum absolute atomic E-state index is 11.3. The van der Waals surface area contributed by atoms with E-state index in [-0.39, 0.29) is 5.78 Å². The van der Waals surface area contributed by atoms with Crippen molar-refractivity contribution in [3.63, 3.8) is 0 Å². The minimum absolute atomic E-state index is 0.164. The van der Waals surface area contributed by atoms with Gasteiger partial charge in [-0.05, 0) is 18.2 Å². The Bertz CT molecular complexity index is 333. The monoisotopic (exact) mass is 226 g/mol. The van der Waals surface area contributed by atoms with Gasteiger partial charge in [0.05, 0.1) is 12.2 Å². The number of hydrogen-bond donors (Lipinski definition) is 0. The molecule has 0 amide bonds. The van der Waals surface area contributed by atoms with Gasteiger partial charge in [-0.1, -0.05) is 15.9 Å². The van der Waals surface area contributed by atoms with Crippen molar-refractivity contribution in [3.8, 4) is 5.75 Å². The van der Waals surface area contributed by atoms with Crippen LogP contribution >= 0.6 is 15.9 Å². The van der Waals surface area contributed by atoms with E-state index in [4.69, 9.17) is 4.74 Å². The van der Waals surface area contributed by atoms with Gasteiger partial charge in [-0.2, -0.15) is 0 Å². The van der Waals surface area contributed by atoms with Crippen molar-refractivity contribution < 1.29 is 9.53 Å². The van der Waals surface area contributed by atoms with Crippen LogP contribution in [-0.2, 0) is 0 Å². The van der Waals surface area contributed by atoms with E-state index < -0.39 is 0 Å². The number of Topliss-reactive ketones (excluding diaryl/α,β-unsaturated/α-hetero) is 1. The van der Waals surface area contributed by atoms with Crippen LogP contribution in [0.3, 0.4) is 0 Å². The Hall–Kier alpha value is -0.830. The highest BCUT2D eigenvalue weighted by Crippen LogP contribution is 2.27. The summed E-state index contributed by atoms with van der Waals surface area (Å²) >= 11 is 3.31. The van der Waals surface area contributed by atoms with E-state index in [0.29, 0.717) is 24.3 Å². The first-order chi connectivity index (χ1) is 5.77. The van der Waals surface area contributed by atoms with Gasteiger partial charge in [0.25, 0.3) is 0 Å². The average molecular weight is 227 g/mol. The summed E-state index contributed by atoms with van der Waals surface area (Å²) in [4.78, 5) is 11.3. The first-order valence-corrected chi connectivity index (χ1v) is 4.52. The highest BCUT2D eigenvalue weighted by atomic mass is 79.9. The Balaban J connectivity index is 2.54. The van der Waals surface area contributed by atoms with Crippen molar-refractivity contribution in [2.45, 2.75) is 6.42 Å². The van der Waals surface area contributed by atoms with Gasteiger partial charge in [-0.3, -0.25) is 4.79 Å². The number of hydrogen-bond acceptors (Lipinski definition) is 2. The van der Waals surface area contributed by atoms with E-state index in [0.717, 1.165) is 4.47 Å². The number of ether oxygens (including phenoxy) is 1. The van der Waals surface area contributed by atoms with Crippen LogP contribution in [0.4, 0.5) is 0 Å². The lowest BCUT2D eigenvalue weighted by Crippen LogP contribution is -2.14. The minimum atomic E-state index is 0.164. The molecule has 0 atom stereocenters. The van der Waals surface area contributed by atoms with Crippen LogP contribution in [0.25, 0.3) is 0 Å². The Morgan fingerprint density at radius 3 is 3.08 bits per heavy atom. The third-order valence-corrected chi connectivity index (χ3v) is 2.32. The molecule has 0 spiro atoms. The molecule has 0 radical (unpaired) electrons. The Labute approximate surface area is 78.7 Å². The van der Waals surface area contributed by atoms with Crippen molar-refractivity contribution in [3.05, 3.63) is 28.2 Å². The molecule has 0 saturated heterocycles. The third-order valence-electron chi connectivity index (χ3n) is 1.83. The van der Waals surface area contributed by atoms with Crippen LogP contribution in [-0.4, -0.2) is 12.4 Å². The predicted octanol–water partition coefficient (Wildman–Crippen LogP) is 2.41. The smallest absolute Gasteiger partial charge is 0.170 e. The highest BCUT2D eigenvalue weighted by molar-refractivity contribution is 9.10. The molecule has 0 aliphatic carbocycles. The normalized spacial score (nSPS) is 15.2. The molecule has 1 aromatic rings. The van der Waals surface area contributed by atoms with Crippen LogP contribution < -0.4 is 4.74 Å². The van der Waals surface area contributed by atoms with E-state index in [1.54, 1.807) is 6.07 Å². The molecule has 1 heterocycles. The fourth-order valence-corrected chi connectivity index (χ4v) is 1.60. The summed E-state index contributed by atoms with van der Waals surface area (Å²) < 4.78 is 6.22. The summed E-state index contributed by atoms with van der Waals surface area (Å²) in [5.41, 5.74) is 0.690. The van der Waals surface area contributed by atoms with Gasteiger partial charge >= 0.3 is 0 Å². The van der Waals surface area contributed by atoms with Crippen molar-refractivity contribution in [1.29, 1.82) is 0 Å². The molecule has 62 valence electrons. The molecule has 0 bridgehead atoms. The lowest BCUT2D eigenvalue weighted by Gasteiger charge is -2.15. The molecular weight excluding hydrogens is 220 g/mol. The van der Waals surface area contributed by atoms with Gasteiger partial charge in [0, 0.05) is 10.9 Å². The molecule has 0 saturated carbocycles. The Morgan fingerprint density at radius 1 is 1.42 bits per heavy atom. The van der Waals surface area contributed by atoms with Crippen LogP contribution in [0.15, 0.2) is 22.7 Å². The van der Waals surface area contributed by atoms with Gasteiger partial charge in [0.15, 0.2) is 5.78 Å². The van der Waals surface area contributed by atoms with Crippen molar-refractivity contribution in [2.24, 2.45) is 0 Å². The van der Waals surface area contributed by atoms with E-state index in [9.17, 15) is 4.79 Å². The van der Waals surface area contributed by atoms with Gasteiger partial charge in [-0.25, -0.2) is 0 Å². The molecule has 2 rings (SSSR count). The van der Waals surface area contributed by atoms with Gasteiger partial charge in [0.2, 0.25) is 0 Å². The zero-order chi connectivity index (χ0) is 8.55. The van der Waals surface area contributed by atoms with E-state index in [1.165, 1.54) is 0 Å². The second kappa shape index (κ2) is 2.90. The van der Waals surface area contributed by atoms with E-state index >= 15 is 0 Å². The van der Waals surface area contributed by atoms with Crippen molar-refractivity contribution in [2.75, 3.05) is 6.61 Å². The molecule has 3 heteroatoms. The molecule has 1 aromatic carbocycles. The Morgan fingerprint density at radius 2 is 2.25 bits per heavy atom. The lowest BCUT2D eigenvalue weighted by atomic mass is 10.1. The number of benzene rings is 1. The number of ketones is 1. The zero-order valence-electron chi connectivity index (χ0n) is 6.34. The van der Waals surface area contributed by atoms with E-state index in [1.807, 2.05) is 12.1 Å². The van der Waals surface area contributed by atoms with Crippen molar-refractivity contribution in [1.82, 2.24) is 0 Å². The van der Waals surface area contributed by atoms with Crippen LogP contribution in [0, 0.1) is 0 Å². The number of carbonyl (C=O) groups excluding carboxylic acids is 1. The van der Waals surface area contributed by atoms with Crippen molar-refractivity contribution >= 4 is 21.7 Å². The maximum Gasteiger partial charge on any atom is 0.170 e. The molecular formula is C9H7BrO2. The Kier molecular flexibility index (Phi) is 1.89. The second-order valence-electron chi connectivity index (χ2n) is 2.66. The topological polar surface area (TPSA) is 26.3 Å². The molecule has 0 unspecified atom stereocenters. The summed E-state index contributed by atoms with van der Waals surface area (Å²) in [7, 11) is 0. The molecule has 0 aromatic heterocycles. The number of carbonyl (C=O) groups is 1. The molecule has 0 N–H and O–H groups in total. The molecule has 2 nitrogen and oxygen atoms in total. The van der Waals surface area contributed by atoms with Gasteiger partial charge in [-0.15, -0.1) is 0 Å². The average Bonchev–Trinajstić information content (AvgIpc) is 2.07. The SMILES string of the molecule is O=C1CCOc2ccc(Br)cc21. The maximum atomic E-state index is 11.3. The summed E-state index contributed by atoms with van der Waals surface area (Å²) in [6, 6.07) is 5.49. The first kappa shape index (κ1) is 7.80. The van der Waals surface area contributed by atoms with Gasteiger partial charge < -0.3 is 4.74 Å². The lowest BCUT2D eigenvalue weighted by molar-refractivity contribution is 0.0933. The van der Waals surface area contributed by atoms with Crippen LogP contribution in [0.5, 0.6) is 5.75 Å². The standard InChI is InChI=1S/C9H7BrO2/c10-6-1-2-9-7(5-6)8(11)3-4-12-9/h1-2,5H,3-4H2. The fourth-order valence-electron chi connectivity index (χ4n) is 1.23. The predicted molar refractivity (Wildman–Crippen MR) is 48.6 cm³/mol. The molecule has 1 aliphatic rings. The van der Waals surface area contributed by atoms with E-state index in [2.05, 4.69) is 15.9 Å². The summed E-state index contributed by atoms with van der Waals surface area (Å²) in [6.45, 7) is 0.507. The first-order valence-electron chi connectivity index (χ1n) is 3.73. The summed E-state index contributed by atoms with van der Waals surface area (Å²) in [6.07, 6.45) is 0.490. The zero-order valence-corrected chi connectivity index (χ0v) is 7.93. The molecule has 1 aliphatic heterocycles. The highest BCUT2D eigenvalue weighted by Gasteiger charge is 2.17. The largest absolute Gasteiger partial charge is 0.492 e. The summed E-state index contributed by atoms with van der Waals surface area (Å²) in [5, 5.41) is 0. The number of halogens is 1. The van der Waals surface area contributed by atoms with Gasteiger partial charge in [0.1, 0.15) is 5.75 Å². The third kappa shape index (κ3) is 1.25. The number of fused-ring (bicyclic) bond motifs is 1. The molecule has 0 fully saturated rings. The quantitative estimate of drug-likeness (QED) is 0.680. The second-order valence-corrected chi connectivity index (χ2v) is 3.58. The van der Waals surface area contributed by atoms with Crippen LogP contribution in [0.2, 0.25) is 0 Å². The van der Waals surface area contributed by atoms with Crippen LogP contribution in [0.1, 0.15) is 16.8 Å². The summed E-state index contributed by atoms with van der Waals surface area (Å²) in [5.74, 6) is 0.868. The number of rotatable bonds is 0.